The summed E-state index contributed by atoms with van der Waals surface area (Å²) in [6, 6.07) is 0. The van der Waals surface area contributed by atoms with Crippen molar-refractivity contribution in [3.63, 3.8) is 0 Å². The first-order valence-corrected chi connectivity index (χ1v) is 32.3. The highest BCUT2D eigenvalue weighted by Crippen LogP contribution is 2.25. The Balaban J connectivity index is 1.68. The summed E-state index contributed by atoms with van der Waals surface area (Å²) in [6.45, 7) is 1.16. The second kappa shape index (κ2) is 54.8. The molecule has 6 heteroatoms. The Hall–Kier alpha value is -1.40. The largest absolute Gasteiger partial charge is 0.465 e. The van der Waals surface area contributed by atoms with E-state index in [2.05, 4.69) is 19.1 Å². The summed E-state index contributed by atoms with van der Waals surface area (Å²) >= 11 is 0. The molecule has 420 valence electrons. The molecule has 1 saturated heterocycles. The van der Waals surface area contributed by atoms with E-state index in [0.29, 0.717) is 12.8 Å². The third kappa shape index (κ3) is 46.8. The molecule has 71 heavy (non-hydrogen) atoms. The minimum atomic E-state index is -1.14. The van der Waals surface area contributed by atoms with Gasteiger partial charge in [0.2, 0.25) is 0 Å². The van der Waals surface area contributed by atoms with Crippen LogP contribution in [-0.4, -0.2) is 48.6 Å². The number of rotatable bonds is 56. The molecule has 0 radical (unpaired) electrons. The molecule has 1 atom stereocenters. The number of cyclic esters (lactones) is 2. The zero-order valence-corrected chi connectivity index (χ0v) is 47.8. The number of hydrogen-bond acceptors (Lipinski definition) is 6. The lowest BCUT2D eigenvalue weighted by Crippen LogP contribution is -2.40. The van der Waals surface area contributed by atoms with Gasteiger partial charge >= 0.3 is 11.9 Å². The maximum absolute atomic E-state index is 12.5. The fourth-order valence-electron chi connectivity index (χ4n) is 10.8. The first-order valence-electron chi connectivity index (χ1n) is 32.3. The molecule has 0 aromatic heterocycles. The van der Waals surface area contributed by atoms with E-state index >= 15 is 0 Å². The molecule has 1 fully saturated rings. The SMILES string of the molecule is CCCCCCCCCCCCCCCCCCCCCCCCCCCCCCCCCCCCCCCCCCCCCCCCCCCC/C=C/CCC1CC(=O)OCC(CO)(CO)COC1=O. The Morgan fingerprint density at radius 3 is 0.873 bits per heavy atom. The van der Waals surface area contributed by atoms with Gasteiger partial charge in [-0.25, -0.2) is 0 Å². The van der Waals surface area contributed by atoms with Gasteiger partial charge in [0.1, 0.15) is 13.2 Å². The minimum Gasteiger partial charge on any atom is -0.465 e. The molecule has 0 bridgehead atoms. The molecule has 1 aliphatic rings. The van der Waals surface area contributed by atoms with Crippen LogP contribution in [0.25, 0.3) is 0 Å². The number of allylic oxidation sites excluding steroid dienone is 2. The Morgan fingerprint density at radius 2 is 0.606 bits per heavy atom. The van der Waals surface area contributed by atoms with Gasteiger partial charge in [0.05, 0.1) is 31.0 Å². The summed E-state index contributed by atoms with van der Waals surface area (Å²) in [5.74, 6) is -1.50. The molecule has 1 rings (SSSR count). The summed E-state index contributed by atoms with van der Waals surface area (Å²) in [4.78, 5) is 24.7. The van der Waals surface area contributed by atoms with Crippen LogP contribution in [0.3, 0.4) is 0 Å². The van der Waals surface area contributed by atoms with Gasteiger partial charge in [0.15, 0.2) is 0 Å². The van der Waals surface area contributed by atoms with Crippen LogP contribution in [0, 0.1) is 11.3 Å². The molecule has 0 aromatic rings. The lowest BCUT2D eigenvalue weighted by atomic mass is 9.92. The molecule has 0 aliphatic carbocycles. The van der Waals surface area contributed by atoms with Gasteiger partial charge in [-0.3, -0.25) is 9.59 Å². The molecule has 1 heterocycles. The number of aliphatic hydroxyl groups excluding tert-OH is 2. The van der Waals surface area contributed by atoms with Crippen molar-refractivity contribution in [3.8, 4) is 0 Å². The molecule has 1 unspecified atom stereocenters. The fourth-order valence-corrected chi connectivity index (χ4v) is 10.8. The van der Waals surface area contributed by atoms with Crippen LogP contribution in [-0.2, 0) is 19.1 Å². The van der Waals surface area contributed by atoms with Crippen LogP contribution in [0.5, 0.6) is 0 Å². The van der Waals surface area contributed by atoms with E-state index in [9.17, 15) is 19.8 Å². The van der Waals surface area contributed by atoms with Gasteiger partial charge in [0.25, 0.3) is 0 Å². The summed E-state index contributed by atoms with van der Waals surface area (Å²) in [5.41, 5.74) is -1.14. The molecule has 1 aliphatic heterocycles. The van der Waals surface area contributed by atoms with Gasteiger partial charge in [-0.2, -0.15) is 0 Å². The quantitative estimate of drug-likeness (QED) is 0.0358. The number of hydrogen-bond donors (Lipinski definition) is 2. The highest BCUT2D eigenvalue weighted by Gasteiger charge is 2.36. The van der Waals surface area contributed by atoms with Crippen molar-refractivity contribution in [1.82, 2.24) is 0 Å². The van der Waals surface area contributed by atoms with Gasteiger partial charge in [0, 0.05) is 0 Å². The molecule has 2 N–H and O–H groups in total. The number of aliphatic hydroxyl groups is 2. The fraction of sp³-hybridized carbons (Fsp3) is 0.938. The lowest BCUT2D eigenvalue weighted by Gasteiger charge is -2.27. The van der Waals surface area contributed by atoms with Crippen LogP contribution >= 0.6 is 0 Å². The zero-order chi connectivity index (χ0) is 51.1. The van der Waals surface area contributed by atoms with Gasteiger partial charge in [-0.05, 0) is 25.7 Å². The maximum atomic E-state index is 12.5. The Morgan fingerprint density at radius 1 is 0.366 bits per heavy atom. The van der Waals surface area contributed by atoms with Gasteiger partial charge in [-0.1, -0.05) is 334 Å². The number of esters is 2. The maximum Gasteiger partial charge on any atom is 0.309 e. The van der Waals surface area contributed by atoms with Gasteiger partial charge < -0.3 is 19.7 Å². The van der Waals surface area contributed by atoms with E-state index in [1.54, 1.807) is 0 Å². The molecular formula is C65H124O6. The minimum absolute atomic E-state index is 0.0283. The standard InChI is InChI=1S/C65H124O6/c1-2-3-4-5-6-7-8-9-10-11-12-13-14-15-16-17-18-19-20-21-22-23-24-25-26-27-28-29-30-31-32-33-34-35-36-37-38-39-40-41-42-43-44-45-46-47-48-49-50-51-52-53-54-55-56-62-57-63(68)70-60-65(58-66,59-67)61-71-64(62)69/h53-54,62,66-67H,2-52,55-61H2,1H3/b54-53+. The second-order valence-electron chi connectivity index (χ2n) is 23.1. The molecule has 0 aromatic carbocycles. The molecular weight excluding hydrogens is 877 g/mol. The van der Waals surface area contributed by atoms with Crippen molar-refractivity contribution < 1.29 is 29.3 Å². The van der Waals surface area contributed by atoms with Crippen LogP contribution in [0.2, 0.25) is 0 Å². The molecule has 0 amide bonds. The van der Waals surface area contributed by atoms with E-state index in [0.717, 1.165) is 6.42 Å². The van der Waals surface area contributed by atoms with Crippen molar-refractivity contribution in [2.75, 3.05) is 26.4 Å². The zero-order valence-electron chi connectivity index (χ0n) is 47.8. The van der Waals surface area contributed by atoms with Crippen molar-refractivity contribution in [3.05, 3.63) is 12.2 Å². The third-order valence-corrected chi connectivity index (χ3v) is 16.0. The highest BCUT2D eigenvalue weighted by atomic mass is 16.6. The number of unbranched alkanes of at least 4 members (excludes halogenated alkanes) is 50. The Labute approximate surface area is 443 Å². The third-order valence-electron chi connectivity index (χ3n) is 16.0. The first kappa shape index (κ1) is 67.6. The van der Waals surface area contributed by atoms with Crippen molar-refractivity contribution in [2.45, 2.75) is 354 Å². The summed E-state index contributed by atoms with van der Waals surface area (Å²) < 4.78 is 10.6. The topological polar surface area (TPSA) is 93.1 Å². The predicted molar refractivity (Wildman–Crippen MR) is 306 cm³/mol. The average Bonchev–Trinajstić information content (AvgIpc) is 3.44. The lowest BCUT2D eigenvalue weighted by molar-refractivity contribution is -0.154. The summed E-state index contributed by atoms with van der Waals surface area (Å²) in [7, 11) is 0. The molecule has 0 spiro atoms. The van der Waals surface area contributed by atoms with Crippen LogP contribution < -0.4 is 0 Å². The van der Waals surface area contributed by atoms with Crippen LogP contribution in [0.4, 0.5) is 0 Å². The van der Waals surface area contributed by atoms with Crippen molar-refractivity contribution >= 4 is 11.9 Å². The molecule has 6 nitrogen and oxygen atoms in total. The first-order chi connectivity index (χ1) is 35.1. The number of carbonyl (C=O) groups excluding carboxylic acids is 2. The van der Waals surface area contributed by atoms with E-state index in [1.165, 1.54) is 321 Å². The number of carbonyl (C=O) groups is 2. The van der Waals surface area contributed by atoms with Crippen molar-refractivity contribution in [2.24, 2.45) is 11.3 Å². The van der Waals surface area contributed by atoms with E-state index in [4.69, 9.17) is 9.47 Å². The molecule has 0 saturated carbocycles. The smallest absolute Gasteiger partial charge is 0.309 e. The Bertz CT molecular complexity index is 1120. The van der Waals surface area contributed by atoms with E-state index in [-0.39, 0.29) is 19.6 Å². The summed E-state index contributed by atoms with van der Waals surface area (Å²) in [5, 5.41) is 19.2. The summed E-state index contributed by atoms with van der Waals surface area (Å²) in [6.07, 6.45) is 78.9. The average molecular weight is 1000 g/mol. The number of ether oxygens (including phenoxy) is 2. The van der Waals surface area contributed by atoms with Crippen LogP contribution in [0.15, 0.2) is 12.2 Å². The van der Waals surface area contributed by atoms with Crippen LogP contribution in [0.1, 0.15) is 354 Å². The van der Waals surface area contributed by atoms with E-state index < -0.39 is 36.5 Å². The Kier molecular flexibility index (Phi) is 52.2. The van der Waals surface area contributed by atoms with Crippen molar-refractivity contribution in [1.29, 1.82) is 0 Å². The normalized spacial score (nSPS) is 15.3. The highest BCUT2D eigenvalue weighted by molar-refractivity contribution is 5.80. The van der Waals surface area contributed by atoms with E-state index in [1.807, 2.05) is 0 Å². The predicted octanol–water partition coefficient (Wildman–Crippen LogP) is 20.3. The monoisotopic (exact) mass is 1000 g/mol. The second-order valence-corrected chi connectivity index (χ2v) is 23.1. The van der Waals surface area contributed by atoms with Gasteiger partial charge in [-0.15, -0.1) is 0 Å².